The van der Waals surface area contributed by atoms with Crippen LogP contribution in [0.15, 0.2) is 0 Å². The molecule has 5 heavy (non-hydrogen) atoms. The Morgan fingerprint density at radius 1 is 1.80 bits per heavy atom. The zero-order valence-electron chi connectivity index (χ0n) is 2.91. The van der Waals surface area contributed by atoms with Crippen molar-refractivity contribution in [2.45, 2.75) is 6.92 Å². The molecule has 0 aliphatic carbocycles. The molecule has 0 fully saturated rings. The summed E-state index contributed by atoms with van der Waals surface area (Å²) < 4.78 is 0. The van der Waals surface area contributed by atoms with Crippen LogP contribution < -0.4 is 29.6 Å². The van der Waals surface area contributed by atoms with Crippen LogP contribution in [0.2, 0.25) is 0 Å². The van der Waals surface area contributed by atoms with E-state index >= 15 is 0 Å². The third-order valence-electron chi connectivity index (χ3n) is 0. The maximum Gasteiger partial charge on any atom is 1.00 e. The first-order valence-electron chi connectivity index (χ1n) is 0.704. The van der Waals surface area contributed by atoms with Crippen LogP contribution in [0.3, 0.4) is 0 Å². The van der Waals surface area contributed by atoms with Gasteiger partial charge in [0.2, 0.25) is 0 Å². The molecule has 0 aliphatic rings. The molecule has 24 valence electrons. The van der Waals surface area contributed by atoms with Gasteiger partial charge in [0.25, 0.3) is 0 Å². The van der Waals surface area contributed by atoms with Crippen LogP contribution in [0.5, 0.6) is 0 Å². The Hall–Kier alpha value is 0.735. The molecule has 0 amide bonds. The molecular weight excluding hydrogens is 73.8 g/mol. The summed E-state index contributed by atoms with van der Waals surface area (Å²) in [6, 6.07) is 0. The molecule has 0 atom stereocenters. The van der Waals surface area contributed by atoms with Crippen LogP contribution in [0.1, 0.15) is 6.92 Å². The van der Waals surface area contributed by atoms with E-state index in [2.05, 4.69) is 0 Å². The summed E-state index contributed by atoms with van der Waals surface area (Å²) in [5, 5.41) is 0. The molecule has 0 N–H and O–H groups in total. The monoisotopic (exact) mass is 80.0 g/mol. The van der Waals surface area contributed by atoms with Gasteiger partial charge in [-0.1, -0.05) is 0 Å². The Kier molecular flexibility index (Phi) is 8.73. The van der Waals surface area contributed by atoms with E-state index in [1.54, 1.807) is 6.92 Å². The van der Waals surface area contributed by atoms with Gasteiger partial charge in [-0.25, -0.2) is 0 Å². The average molecular weight is 79.9 g/mol. The van der Waals surface area contributed by atoms with Gasteiger partial charge in [0, 0.05) is 7.85 Å². The molecule has 0 bridgehead atoms. The van der Waals surface area contributed by atoms with Gasteiger partial charge in [-0.2, -0.15) is 0 Å². The zero-order valence-corrected chi connectivity index (χ0v) is 4.91. The standard InChI is InChI=1S/C2H6BO.Na/c1-2(3)4;/h1,3H3;/q-1;+1. The fourth-order valence-corrected chi connectivity index (χ4v) is 0. The van der Waals surface area contributed by atoms with E-state index in [-0.39, 0.29) is 37.4 Å². The summed E-state index contributed by atoms with van der Waals surface area (Å²) in [5.41, 5.74) is 0.417. The largest absolute Gasteiger partial charge is 1.00 e. The van der Waals surface area contributed by atoms with Crippen LogP contribution in [0.25, 0.3) is 0 Å². The normalized spacial score (nSPS) is 5.20. The first kappa shape index (κ1) is 9.22. The van der Waals surface area contributed by atoms with Gasteiger partial charge in [-0.3, -0.25) is 0 Å². The van der Waals surface area contributed by atoms with Crippen molar-refractivity contribution in [3.63, 3.8) is 0 Å². The van der Waals surface area contributed by atoms with E-state index in [4.69, 9.17) is 0 Å². The van der Waals surface area contributed by atoms with Crippen molar-refractivity contribution in [3.05, 3.63) is 0 Å². The number of hydrogen-bond donors (Lipinski definition) is 0. The Morgan fingerprint density at radius 2 is 1.80 bits per heavy atom. The minimum absolute atomic E-state index is 0. The van der Waals surface area contributed by atoms with Crippen molar-refractivity contribution in [3.8, 4) is 0 Å². The molecule has 1 nitrogen and oxygen atoms in total. The van der Waals surface area contributed by atoms with Gasteiger partial charge in [-0.05, 0) is 12.6 Å². The van der Waals surface area contributed by atoms with Crippen molar-refractivity contribution < 1.29 is 34.4 Å². The number of hydrogen-bond acceptors (Lipinski definition) is 1. The first-order valence-corrected chi connectivity index (χ1v) is 0.704. The SMILES string of the molecule is [BH3-]C(C)=O.[Na+]. The predicted molar refractivity (Wildman–Crippen MR) is 20.6 cm³/mol. The first-order chi connectivity index (χ1) is 1.73. The predicted octanol–water partition coefficient (Wildman–Crippen LogP) is -4.10. The maximum atomic E-state index is 9.56. The van der Waals surface area contributed by atoms with Crippen molar-refractivity contribution in [2.75, 3.05) is 0 Å². The third-order valence-corrected chi connectivity index (χ3v) is 0. The van der Waals surface area contributed by atoms with E-state index in [0.717, 1.165) is 0 Å². The fourth-order valence-electron chi connectivity index (χ4n) is 0. The van der Waals surface area contributed by atoms with Gasteiger partial charge >= 0.3 is 29.6 Å². The Morgan fingerprint density at radius 3 is 1.80 bits per heavy atom. The number of rotatable bonds is 0. The summed E-state index contributed by atoms with van der Waals surface area (Å²) in [7, 11) is 0.0556. The zero-order chi connectivity index (χ0) is 3.58. The molecule has 0 aliphatic heterocycles. The number of carbonyl (C=O) groups is 1. The molecule has 0 spiro atoms. The molecule has 0 aromatic carbocycles. The molecule has 3 heteroatoms. The minimum atomic E-state index is 0. The molecule has 0 saturated heterocycles. The van der Waals surface area contributed by atoms with Crippen LogP contribution >= 0.6 is 0 Å². The van der Waals surface area contributed by atoms with Gasteiger partial charge in [0.05, 0.1) is 0 Å². The molecule has 0 aromatic heterocycles. The van der Waals surface area contributed by atoms with Gasteiger partial charge in [0.1, 0.15) is 0 Å². The summed E-state index contributed by atoms with van der Waals surface area (Å²) in [5.74, 6) is 0. The summed E-state index contributed by atoms with van der Waals surface area (Å²) in [6.07, 6.45) is 0. The van der Waals surface area contributed by atoms with E-state index in [1.165, 1.54) is 0 Å². The van der Waals surface area contributed by atoms with Crippen LogP contribution in [-0.2, 0) is 4.79 Å². The number of carbonyl (C=O) groups excluding carboxylic acids is 1. The van der Waals surface area contributed by atoms with Crippen molar-refractivity contribution in [1.82, 2.24) is 0 Å². The van der Waals surface area contributed by atoms with E-state index in [9.17, 15) is 4.79 Å². The minimum Gasteiger partial charge on any atom is -0.348 e. The second-order valence-corrected chi connectivity index (χ2v) is 0.204. The van der Waals surface area contributed by atoms with Crippen LogP contribution in [0.4, 0.5) is 0 Å². The summed E-state index contributed by atoms with van der Waals surface area (Å²) >= 11 is 0. The Bertz CT molecular complexity index is 32.6. The fraction of sp³-hybridized carbons (Fsp3) is 0.500. The third kappa shape index (κ3) is 65.6. The maximum absolute atomic E-state index is 9.56. The van der Waals surface area contributed by atoms with Crippen molar-refractivity contribution in [2.24, 2.45) is 0 Å². The van der Waals surface area contributed by atoms with E-state index < -0.39 is 0 Å². The molecular formula is C2H6BNaO. The molecule has 0 aromatic rings. The average Bonchev–Trinajstić information content (AvgIpc) is 0.811. The quantitative estimate of drug-likeness (QED) is 0.270. The Labute approximate surface area is 54.8 Å². The topological polar surface area (TPSA) is 17.1 Å². The van der Waals surface area contributed by atoms with E-state index in [1.807, 2.05) is 0 Å². The van der Waals surface area contributed by atoms with E-state index in [0.29, 0.717) is 5.68 Å². The second kappa shape index (κ2) is 4.73. The van der Waals surface area contributed by atoms with Gasteiger partial charge < -0.3 is 4.79 Å². The second-order valence-electron chi connectivity index (χ2n) is 0.204. The molecule has 0 rings (SSSR count). The smallest absolute Gasteiger partial charge is 0.348 e. The van der Waals surface area contributed by atoms with Crippen molar-refractivity contribution in [1.29, 1.82) is 0 Å². The Balaban J connectivity index is 0. The molecule has 0 unspecified atom stereocenters. The van der Waals surface area contributed by atoms with Crippen LogP contribution in [-0.4, -0.2) is 13.5 Å². The van der Waals surface area contributed by atoms with Crippen LogP contribution in [0, 0.1) is 0 Å². The van der Waals surface area contributed by atoms with Crippen molar-refractivity contribution >= 4 is 13.5 Å². The summed E-state index contributed by atoms with van der Waals surface area (Å²) in [6.45, 7) is 1.64. The van der Waals surface area contributed by atoms with Gasteiger partial charge in [0.15, 0.2) is 0 Å². The van der Waals surface area contributed by atoms with Gasteiger partial charge in [-0.15, -0.1) is 0 Å². The molecule has 0 saturated carbocycles. The summed E-state index contributed by atoms with van der Waals surface area (Å²) in [4.78, 5) is 9.56. The molecule has 0 radical (unpaired) electrons. The molecule has 0 heterocycles.